The highest BCUT2D eigenvalue weighted by molar-refractivity contribution is 7.80. The summed E-state index contributed by atoms with van der Waals surface area (Å²) in [5.74, 6) is 1.56. The summed E-state index contributed by atoms with van der Waals surface area (Å²) in [4.78, 5) is 13.7. The van der Waals surface area contributed by atoms with Crippen LogP contribution in [-0.2, 0) is 4.79 Å². The molecule has 0 unspecified atom stereocenters. The van der Waals surface area contributed by atoms with Crippen LogP contribution in [0.2, 0.25) is 0 Å². The van der Waals surface area contributed by atoms with E-state index in [2.05, 4.69) is 10.6 Å². The second-order valence-corrected chi connectivity index (χ2v) is 7.07. The number of benzene rings is 2. The highest BCUT2D eigenvalue weighted by atomic mass is 32.1. The van der Waals surface area contributed by atoms with E-state index in [0.717, 1.165) is 24.3 Å². The molecule has 28 heavy (non-hydrogen) atoms. The van der Waals surface area contributed by atoms with Crippen molar-refractivity contribution in [2.75, 3.05) is 30.5 Å². The van der Waals surface area contributed by atoms with Gasteiger partial charge in [-0.15, -0.1) is 0 Å². The van der Waals surface area contributed by atoms with E-state index in [1.807, 2.05) is 60.4 Å². The molecule has 0 radical (unpaired) electrons. The number of para-hydroxylation sites is 2. The molecule has 0 saturated carbocycles. The molecule has 2 N–H and O–H groups in total. The Hall–Kier alpha value is -2.80. The molecule has 7 heteroatoms. The Balaban J connectivity index is 1.51. The maximum atomic E-state index is 11.9. The van der Waals surface area contributed by atoms with Gasteiger partial charge in [0.25, 0.3) is 0 Å². The molecule has 1 heterocycles. The first-order chi connectivity index (χ1) is 13.6. The first-order valence-corrected chi connectivity index (χ1v) is 9.71. The Morgan fingerprint density at radius 3 is 2.71 bits per heavy atom. The fourth-order valence-corrected chi connectivity index (χ4v) is 3.38. The average molecular weight is 400 g/mol. The van der Waals surface area contributed by atoms with E-state index in [-0.39, 0.29) is 11.9 Å². The Bertz CT molecular complexity index is 843. The molecule has 0 spiro atoms. The smallest absolute Gasteiger partial charge is 0.227 e. The van der Waals surface area contributed by atoms with E-state index in [9.17, 15) is 4.79 Å². The van der Waals surface area contributed by atoms with Crippen LogP contribution in [0.15, 0.2) is 48.5 Å². The monoisotopic (exact) mass is 399 g/mol. The first kappa shape index (κ1) is 19.9. The fraction of sp³-hybridized carbons (Fsp3) is 0.333. The van der Waals surface area contributed by atoms with Gasteiger partial charge in [-0.2, -0.15) is 0 Å². The normalized spacial score (nSPS) is 14.5. The zero-order valence-corrected chi connectivity index (χ0v) is 16.9. The van der Waals surface area contributed by atoms with E-state index >= 15 is 0 Å². The lowest BCUT2D eigenvalue weighted by Crippen LogP contribution is -2.39. The van der Waals surface area contributed by atoms with Gasteiger partial charge in [0.15, 0.2) is 16.6 Å². The molecule has 3 rings (SSSR count). The van der Waals surface area contributed by atoms with Crippen LogP contribution >= 0.6 is 12.2 Å². The number of thiocarbonyl (C=S) groups is 1. The molecule has 1 fully saturated rings. The van der Waals surface area contributed by atoms with Crippen LogP contribution in [0.5, 0.6) is 11.5 Å². The summed E-state index contributed by atoms with van der Waals surface area (Å²) in [6.07, 6.45) is 1.52. The third-order valence-electron chi connectivity index (χ3n) is 4.42. The fourth-order valence-electron chi connectivity index (χ4n) is 3.06. The van der Waals surface area contributed by atoms with Crippen LogP contribution in [0.4, 0.5) is 11.4 Å². The number of methoxy groups -OCH3 is 1. The number of ether oxygens (including phenoxy) is 2. The van der Waals surface area contributed by atoms with Crippen LogP contribution in [0.25, 0.3) is 0 Å². The lowest BCUT2D eigenvalue weighted by Gasteiger charge is -2.20. The summed E-state index contributed by atoms with van der Waals surface area (Å²) in [7, 11) is 1.62. The molecule has 1 amide bonds. The average Bonchev–Trinajstić information content (AvgIpc) is 3.12. The minimum absolute atomic E-state index is 0.00625. The minimum atomic E-state index is -0.00625. The van der Waals surface area contributed by atoms with Crippen molar-refractivity contribution >= 4 is 34.6 Å². The highest BCUT2D eigenvalue weighted by Gasteiger charge is 2.21. The SMILES string of the molecule is COc1ccccc1OC[C@@H](C)NC(=S)Nc1cccc(N2CCCC2=O)c1. The van der Waals surface area contributed by atoms with Gasteiger partial charge in [-0.05, 0) is 55.9 Å². The van der Waals surface area contributed by atoms with Gasteiger partial charge in [0.2, 0.25) is 5.91 Å². The standard InChI is InChI=1S/C21H25N3O3S/c1-15(14-27-19-10-4-3-9-18(19)26-2)22-21(28)23-16-7-5-8-17(13-16)24-12-6-11-20(24)25/h3-5,7-10,13,15H,6,11-12,14H2,1-2H3,(H2,22,23,28)/t15-/m1/s1. The Morgan fingerprint density at radius 2 is 2.00 bits per heavy atom. The summed E-state index contributed by atoms with van der Waals surface area (Å²) in [5.41, 5.74) is 1.73. The molecule has 1 aliphatic heterocycles. The van der Waals surface area contributed by atoms with Crippen molar-refractivity contribution in [3.05, 3.63) is 48.5 Å². The predicted octanol–water partition coefficient (Wildman–Crippen LogP) is 3.58. The minimum Gasteiger partial charge on any atom is -0.493 e. The zero-order chi connectivity index (χ0) is 19.9. The van der Waals surface area contributed by atoms with Crippen molar-refractivity contribution in [1.29, 1.82) is 0 Å². The lowest BCUT2D eigenvalue weighted by atomic mass is 10.2. The van der Waals surface area contributed by atoms with Crippen molar-refractivity contribution in [2.45, 2.75) is 25.8 Å². The van der Waals surface area contributed by atoms with Gasteiger partial charge < -0.3 is 25.0 Å². The number of anilines is 2. The summed E-state index contributed by atoms with van der Waals surface area (Å²) in [6, 6.07) is 15.2. The van der Waals surface area contributed by atoms with Crippen LogP contribution in [0.1, 0.15) is 19.8 Å². The molecule has 6 nitrogen and oxygen atoms in total. The van der Waals surface area contributed by atoms with E-state index in [1.54, 1.807) is 7.11 Å². The van der Waals surface area contributed by atoms with Gasteiger partial charge in [-0.3, -0.25) is 4.79 Å². The zero-order valence-electron chi connectivity index (χ0n) is 16.1. The maximum Gasteiger partial charge on any atom is 0.227 e. The molecular formula is C21H25N3O3S. The van der Waals surface area contributed by atoms with Crippen LogP contribution in [-0.4, -0.2) is 37.3 Å². The summed E-state index contributed by atoms with van der Waals surface area (Å²) < 4.78 is 11.1. The first-order valence-electron chi connectivity index (χ1n) is 9.30. The number of hydrogen-bond acceptors (Lipinski definition) is 4. The molecule has 0 aromatic heterocycles. The lowest BCUT2D eigenvalue weighted by molar-refractivity contribution is -0.117. The van der Waals surface area contributed by atoms with Gasteiger partial charge >= 0.3 is 0 Å². The number of rotatable bonds is 7. The molecule has 1 saturated heterocycles. The largest absolute Gasteiger partial charge is 0.493 e. The van der Waals surface area contributed by atoms with Crippen molar-refractivity contribution in [3.63, 3.8) is 0 Å². The van der Waals surface area contributed by atoms with Gasteiger partial charge in [0.1, 0.15) is 6.61 Å². The third-order valence-corrected chi connectivity index (χ3v) is 4.64. The molecule has 2 aromatic rings. The molecule has 0 bridgehead atoms. The molecule has 148 valence electrons. The molecule has 0 aliphatic carbocycles. The summed E-state index contributed by atoms with van der Waals surface area (Å²) >= 11 is 5.41. The maximum absolute atomic E-state index is 11.9. The van der Waals surface area contributed by atoms with Crippen molar-refractivity contribution in [3.8, 4) is 11.5 Å². The number of carbonyl (C=O) groups is 1. The number of hydrogen-bond donors (Lipinski definition) is 2. The van der Waals surface area contributed by atoms with Crippen LogP contribution in [0, 0.1) is 0 Å². The third kappa shape index (κ3) is 5.13. The number of nitrogens with one attached hydrogen (secondary N) is 2. The van der Waals surface area contributed by atoms with Crippen molar-refractivity contribution in [2.24, 2.45) is 0 Å². The Morgan fingerprint density at radius 1 is 1.21 bits per heavy atom. The van der Waals surface area contributed by atoms with Crippen molar-refractivity contribution in [1.82, 2.24) is 5.32 Å². The molecule has 1 atom stereocenters. The van der Waals surface area contributed by atoms with Crippen LogP contribution < -0.4 is 25.0 Å². The Labute approximate surface area is 170 Å². The number of amides is 1. The Kier molecular flexibility index (Phi) is 6.71. The molecular weight excluding hydrogens is 374 g/mol. The van der Waals surface area contributed by atoms with Gasteiger partial charge in [-0.25, -0.2) is 0 Å². The van der Waals surface area contributed by atoms with E-state index < -0.39 is 0 Å². The van der Waals surface area contributed by atoms with Gasteiger partial charge in [0, 0.05) is 24.3 Å². The van der Waals surface area contributed by atoms with Gasteiger partial charge in [0.05, 0.1) is 13.2 Å². The summed E-state index contributed by atoms with van der Waals surface area (Å²) in [6.45, 7) is 3.19. The van der Waals surface area contributed by atoms with Crippen LogP contribution in [0.3, 0.4) is 0 Å². The molecule has 2 aromatic carbocycles. The quantitative estimate of drug-likeness (QED) is 0.694. The van der Waals surface area contributed by atoms with Gasteiger partial charge in [-0.1, -0.05) is 18.2 Å². The number of nitrogens with zero attached hydrogens (tertiary/aromatic N) is 1. The second kappa shape index (κ2) is 9.41. The number of carbonyl (C=O) groups excluding carboxylic acids is 1. The van der Waals surface area contributed by atoms with E-state index in [4.69, 9.17) is 21.7 Å². The topological polar surface area (TPSA) is 62.8 Å². The summed E-state index contributed by atoms with van der Waals surface area (Å²) in [5, 5.41) is 6.88. The highest BCUT2D eigenvalue weighted by Crippen LogP contribution is 2.26. The van der Waals surface area contributed by atoms with Crippen molar-refractivity contribution < 1.29 is 14.3 Å². The van der Waals surface area contributed by atoms with E-state index in [1.165, 1.54) is 0 Å². The van der Waals surface area contributed by atoms with E-state index in [0.29, 0.717) is 29.6 Å². The second-order valence-electron chi connectivity index (χ2n) is 6.66. The molecule has 1 aliphatic rings. The predicted molar refractivity (Wildman–Crippen MR) is 115 cm³/mol.